The Bertz CT molecular complexity index is 1320. The van der Waals surface area contributed by atoms with E-state index in [0.717, 1.165) is 18.2 Å². The summed E-state index contributed by atoms with van der Waals surface area (Å²) < 4.78 is 29.6. The minimum atomic E-state index is -0.814. The van der Waals surface area contributed by atoms with Gasteiger partial charge in [0.15, 0.2) is 11.6 Å². The number of Topliss-reactive ketones (excluding diaryl/α,β-unsaturated/α-hetero) is 1. The van der Waals surface area contributed by atoms with E-state index in [1.807, 2.05) is 6.07 Å². The second-order valence-electron chi connectivity index (χ2n) is 7.70. The number of hydrogen-bond acceptors (Lipinski definition) is 5. The van der Waals surface area contributed by atoms with Gasteiger partial charge in [0, 0.05) is 25.2 Å². The molecule has 32 heavy (non-hydrogen) atoms. The van der Waals surface area contributed by atoms with Gasteiger partial charge in [0.1, 0.15) is 5.82 Å². The number of aromatic nitrogens is 5. The van der Waals surface area contributed by atoms with Crippen LogP contribution < -0.4 is 0 Å². The molecule has 8 nitrogen and oxygen atoms in total. The molecule has 1 N–H and O–H groups in total. The van der Waals surface area contributed by atoms with Crippen molar-refractivity contribution in [1.82, 2.24) is 29.9 Å². The average molecular weight is 436 g/mol. The van der Waals surface area contributed by atoms with E-state index >= 15 is 0 Å². The molecular weight excluding hydrogens is 418 g/mol. The first kappa shape index (κ1) is 20.0. The van der Waals surface area contributed by atoms with Crippen LogP contribution in [0.25, 0.3) is 16.7 Å². The SMILES string of the molecule is O=C(C(=O)N1CCCC(c2cccc(F)c2)C1)c1c[nH]c2c(-n3ccnn3)ncc(F)c12. The topological polar surface area (TPSA) is 96.8 Å². The number of fused-ring (bicyclic) bond motifs is 1. The average Bonchev–Trinajstić information content (AvgIpc) is 3.50. The number of carbonyl (C=O) groups excluding carboxylic acids is 2. The van der Waals surface area contributed by atoms with E-state index in [2.05, 4.69) is 20.3 Å². The van der Waals surface area contributed by atoms with Crippen LogP contribution in [-0.2, 0) is 4.79 Å². The molecule has 1 fully saturated rings. The largest absolute Gasteiger partial charge is 0.357 e. The van der Waals surface area contributed by atoms with Crippen LogP contribution in [0.3, 0.4) is 0 Å². The quantitative estimate of drug-likeness (QED) is 0.392. The molecule has 5 rings (SSSR count). The highest BCUT2D eigenvalue weighted by Gasteiger charge is 2.31. The number of H-pyrrole nitrogens is 1. The van der Waals surface area contributed by atoms with Gasteiger partial charge in [-0.3, -0.25) is 9.59 Å². The van der Waals surface area contributed by atoms with Crippen LogP contribution in [0.1, 0.15) is 34.7 Å². The van der Waals surface area contributed by atoms with Crippen molar-refractivity contribution >= 4 is 22.6 Å². The van der Waals surface area contributed by atoms with E-state index in [9.17, 15) is 18.4 Å². The molecular formula is C22H18F2N6O2. The van der Waals surface area contributed by atoms with Crippen LogP contribution in [0.5, 0.6) is 0 Å². The fourth-order valence-corrected chi connectivity index (χ4v) is 4.22. The number of piperidine rings is 1. The minimum absolute atomic E-state index is 0.0254. The van der Waals surface area contributed by atoms with Crippen LogP contribution in [-0.4, -0.2) is 54.6 Å². The summed E-state index contributed by atoms with van der Waals surface area (Å²) in [6.07, 6.45) is 6.74. The lowest BCUT2D eigenvalue weighted by Gasteiger charge is -2.32. The summed E-state index contributed by atoms with van der Waals surface area (Å²) in [5.41, 5.74) is 0.957. The van der Waals surface area contributed by atoms with Crippen molar-refractivity contribution in [1.29, 1.82) is 0 Å². The second kappa shape index (κ2) is 7.95. The third-order valence-electron chi connectivity index (χ3n) is 5.75. The third kappa shape index (κ3) is 3.43. The van der Waals surface area contributed by atoms with Gasteiger partial charge in [0.05, 0.1) is 35.1 Å². The van der Waals surface area contributed by atoms with Crippen molar-refractivity contribution in [3.63, 3.8) is 0 Å². The van der Waals surface area contributed by atoms with Crippen molar-refractivity contribution in [2.45, 2.75) is 18.8 Å². The standard InChI is InChI=1S/C22H18F2N6O2/c23-15-5-1-3-13(9-15)14-4-2-7-29(12-14)22(32)20(31)16-10-25-19-18(16)17(24)11-26-21(19)30-8-6-27-28-30/h1,3,5-6,8-11,14,25H,2,4,7,12H2. The molecule has 1 unspecified atom stereocenters. The number of halogens is 2. The number of ketones is 1. The summed E-state index contributed by atoms with van der Waals surface area (Å²) in [6, 6.07) is 6.27. The van der Waals surface area contributed by atoms with Gasteiger partial charge in [0.2, 0.25) is 0 Å². The number of pyridine rings is 1. The number of likely N-dealkylation sites (tertiary alicyclic amines) is 1. The Morgan fingerprint density at radius 1 is 1.22 bits per heavy atom. The third-order valence-corrected chi connectivity index (χ3v) is 5.75. The van der Waals surface area contributed by atoms with E-state index in [4.69, 9.17) is 0 Å². The number of nitrogens with zero attached hydrogens (tertiary/aromatic N) is 5. The number of amides is 1. The molecule has 0 radical (unpaired) electrons. The Morgan fingerprint density at radius 2 is 2.09 bits per heavy atom. The predicted molar refractivity (Wildman–Crippen MR) is 110 cm³/mol. The maximum atomic E-state index is 14.6. The van der Waals surface area contributed by atoms with E-state index in [0.29, 0.717) is 19.5 Å². The molecule has 0 bridgehead atoms. The smallest absolute Gasteiger partial charge is 0.295 e. The summed E-state index contributed by atoms with van der Waals surface area (Å²) in [6.45, 7) is 0.706. The zero-order valence-electron chi connectivity index (χ0n) is 16.8. The molecule has 162 valence electrons. The van der Waals surface area contributed by atoms with Crippen LogP contribution in [0.15, 0.2) is 49.1 Å². The van der Waals surface area contributed by atoms with Gasteiger partial charge < -0.3 is 9.88 Å². The maximum Gasteiger partial charge on any atom is 0.295 e. The Labute approximate surface area is 180 Å². The zero-order chi connectivity index (χ0) is 22.2. The van der Waals surface area contributed by atoms with E-state index in [1.165, 1.54) is 40.3 Å². The van der Waals surface area contributed by atoms with Crippen molar-refractivity contribution in [3.05, 3.63) is 71.8 Å². The molecule has 10 heteroatoms. The number of nitrogens with one attached hydrogen (secondary N) is 1. The van der Waals surface area contributed by atoms with Crippen molar-refractivity contribution in [2.24, 2.45) is 0 Å². The Kier molecular flexibility index (Phi) is 4.96. The van der Waals surface area contributed by atoms with E-state index < -0.39 is 17.5 Å². The normalized spacial score (nSPS) is 16.4. The fraction of sp³-hybridized carbons (Fsp3) is 0.227. The number of benzene rings is 1. The van der Waals surface area contributed by atoms with Gasteiger partial charge >= 0.3 is 0 Å². The highest BCUT2D eigenvalue weighted by Crippen LogP contribution is 2.29. The minimum Gasteiger partial charge on any atom is -0.357 e. The second-order valence-corrected chi connectivity index (χ2v) is 7.70. The summed E-state index contributed by atoms with van der Waals surface area (Å²) in [7, 11) is 0. The molecule has 1 saturated heterocycles. The van der Waals surface area contributed by atoms with Crippen LogP contribution in [0.2, 0.25) is 0 Å². The Balaban J connectivity index is 1.44. The first-order valence-electron chi connectivity index (χ1n) is 10.1. The molecule has 3 aromatic heterocycles. The molecule has 1 atom stereocenters. The molecule has 1 amide bonds. The summed E-state index contributed by atoms with van der Waals surface area (Å²) in [5.74, 6) is -2.41. The molecule has 1 aliphatic rings. The molecule has 0 aliphatic carbocycles. The first-order valence-corrected chi connectivity index (χ1v) is 10.1. The van der Waals surface area contributed by atoms with Gasteiger partial charge in [-0.1, -0.05) is 17.3 Å². The number of rotatable bonds is 4. The highest BCUT2D eigenvalue weighted by atomic mass is 19.1. The summed E-state index contributed by atoms with van der Waals surface area (Å²) in [4.78, 5) is 34.4. The van der Waals surface area contributed by atoms with Crippen molar-refractivity contribution in [2.75, 3.05) is 13.1 Å². The van der Waals surface area contributed by atoms with Gasteiger partial charge in [-0.25, -0.2) is 18.4 Å². The molecule has 0 saturated carbocycles. The number of carbonyl (C=O) groups is 2. The van der Waals surface area contributed by atoms with Crippen molar-refractivity contribution < 1.29 is 18.4 Å². The number of aromatic amines is 1. The molecule has 0 spiro atoms. The summed E-state index contributed by atoms with van der Waals surface area (Å²) in [5, 5.41) is 7.53. The molecule has 4 heterocycles. The van der Waals surface area contributed by atoms with Gasteiger partial charge in [0.25, 0.3) is 11.7 Å². The Morgan fingerprint density at radius 3 is 2.88 bits per heavy atom. The predicted octanol–water partition coefficient (Wildman–Crippen LogP) is 3.01. The number of hydrogen-bond donors (Lipinski definition) is 1. The molecule has 1 aromatic carbocycles. The van der Waals surface area contributed by atoms with E-state index in [-0.39, 0.29) is 34.0 Å². The maximum absolute atomic E-state index is 14.6. The zero-order valence-corrected chi connectivity index (χ0v) is 16.8. The molecule has 4 aromatic rings. The molecule has 1 aliphatic heterocycles. The van der Waals surface area contributed by atoms with Crippen molar-refractivity contribution in [3.8, 4) is 5.82 Å². The lowest BCUT2D eigenvalue weighted by Crippen LogP contribution is -2.42. The lowest BCUT2D eigenvalue weighted by atomic mass is 9.90. The van der Waals surface area contributed by atoms with Crippen LogP contribution in [0, 0.1) is 11.6 Å². The van der Waals surface area contributed by atoms with Gasteiger partial charge in [-0.15, -0.1) is 5.10 Å². The Hall–Kier alpha value is -3.95. The van der Waals surface area contributed by atoms with Crippen LogP contribution in [0.4, 0.5) is 8.78 Å². The van der Waals surface area contributed by atoms with Gasteiger partial charge in [-0.2, -0.15) is 0 Å². The summed E-state index contributed by atoms with van der Waals surface area (Å²) >= 11 is 0. The highest BCUT2D eigenvalue weighted by molar-refractivity contribution is 6.45. The van der Waals surface area contributed by atoms with Gasteiger partial charge in [-0.05, 0) is 30.5 Å². The van der Waals surface area contributed by atoms with Crippen LogP contribution >= 0.6 is 0 Å². The fourth-order valence-electron chi connectivity index (χ4n) is 4.22. The van der Waals surface area contributed by atoms with E-state index in [1.54, 1.807) is 6.07 Å². The lowest BCUT2D eigenvalue weighted by molar-refractivity contribution is -0.127. The first-order chi connectivity index (χ1) is 15.5. The monoisotopic (exact) mass is 436 g/mol.